The molecule has 0 aliphatic carbocycles. The SMILES string of the molecule is Clc1cnccc1NCc1ccnc(-n2cccn2)c1. The highest BCUT2D eigenvalue weighted by Gasteiger charge is 2.02. The van der Waals surface area contributed by atoms with Crippen molar-refractivity contribution in [3.8, 4) is 5.82 Å². The molecule has 0 aromatic carbocycles. The molecule has 0 unspecified atom stereocenters. The normalized spacial score (nSPS) is 10.4. The predicted molar refractivity (Wildman–Crippen MR) is 77.9 cm³/mol. The van der Waals surface area contributed by atoms with Gasteiger partial charge in [0.15, 0.2) is 5.82 Å². The lowest BCUT2D eigenvalue weighted by atomic mass is 10.2. The molecule has 0 saturated carbocycles. The Morgan fingerprint density at radius 3 is 2.95 bits per heavy atom. The second kappa shape index (κ2) is 5.71. The van der Waals surface area contributed by atoms with E-state index in [0.29, 0.717) is 11.6 Å². The van der Waals surface area contributed by atoms with Crippen LogP contribution in [-0.4, -0.2) is 19.7 Å². The maximum Gasteiger partial charge on any atom is 0.153 e. The van der Waals surface area contributed by atoms with Crippen LogP contribution < -0.4 is 5.32 Å². The van der Waals surface area contributed by atoms with Crippen LogP contribution in [0.5, 0.6) is 0 Å². The fraction of sp³-hybridized carbons (Fsp3) is 0.0714. The quantitative estimate of drug-likeness (QED) is 0.801. The molecule has 3 aromatic rings. The van der Waals surface area contributed by atoms with Crippen LogP contribution >= 0.6 is 11.6 Å². The van der Waals surface area contributed by atoms with Crippen LogP contribution in [0.15, 0.2) is 55.2 Å². The molecule has 3 aromatic heterocycles. The van der Waals surface area contributed by atoms with E-state index in [0.717, 1.165) is 17.1 Å². The number of aromatic nitrogens is 4. The molecule has 100 valence electrons. The van der Waals surface area contributed by atoms with Gasteiger partial charge in [0.05, 0.1) is 10.7 Å². The Kier molecular flexibility index (Phi) is 3.60. The molecule has 0 aliphatic heterocycles. The van der Waals surface area contributed by atoms with Gasteiger partial charge in [-0.3, -0.25) is 4.98 Å². The average molecular weight is 286 g/mol. The summed E-state index contributed by atoms with van der Waals surface area (Å²) < 4.78 is 1.73. The Labute approximate surface area is 121 Å². The fourth-order valence-corrected chi connectivity index (χ4v) is 2.00. The van der Waals surface area contributed by atoms with Crippen molar-refractivity contribution >= 4 is 17.3 Å². The van der Waals surface area contributed by atoms with E-state index in [1.165, 1.54) is 0 Å². The molecule has 3 heterocycles. The Morgan fingerprint density at radius 2 is 2.15 bits per heavy atom. The zero-order chi connectivity index (χ0) is 13.8. The van der Waals surface area contributed by atoms with Crippen LogP contribution in [0.3, 0.4) is 0 Å². The van der Waals surface area contributed by atoms with Gasteiger partial charge in [-0.2, -0.15) is 5.10 Å². The maximum absolute atomic E-state index is 6.05. The van der Waals surface area contributed by atoms with Gasteiger partial charge in [-0.05, 0) is 29.8 Å². The first-order valence-electron chi connectivity index (χ1n) is 6.11. The van der Waals surface area contributed by atoms with Gasteiger partial charge < -0.3 is 5.32 Å². The minimum Gasteiger partial charge on any atom is -0.380 e. The van der Waals surface area contributed by atoms with Crippen LogP contribution in [0, 0.1) is 0 Å². The van der Waals surface area contributed by atoms with Crippen molar-refractivity contribution < 1.29 is 0 Å². The molecule has 0 amide bonds. The largest absolute Gasteiger partial charge is 0.380 e. The fourth-order valence-electron chi connectivity index (χ4n) is 1.82. The van der Waals surface area contributed by atoms with E-state index in [9.17, 15) is 0 Å². The van der Waals surface area contributed by atoms with E-state index >= 15 is 0 Å². The van der Waals surface area contributed by atoms with Crippen molar-refractivity contribution in [1.82, 2.24) is 19.7 Å². The van der Waals surface area contributed by atoms with Gasteiger partial charge in [0.2, 0.25) is 0 Å². The first-order valence-corrected chi connectivity index (χ1v) is 6.49. The summed E-state index contributed by atoms with van der Waals surface area (Å²) in [4.78, 5) is 8.25. The van der Waals surface area contributed by atoms with Gasteiger partial charge in [0.1, 0.15) is 0 Å². The van der Waals surface area contributed by atoms with E-state index < -0.39 is 0 Å². The standard InChI is InChI=1S/C14H12ClN5/c15-12-10-16-5-3-13(12)18-9-11-2-6-17-14(8-11)20-7-1-4-19-20/h1-8,10H,9H2,(H,16,18). The number of hydrogen-bond acceptors (Lipinski definition) is 4. The summed E-state index contributed by atoms with van der Waals surface area (Å²) in [6.07, 6.45) is 8.67. The second-order valence-corrected chi connectivity index (χ2v) is 4.59. The van der Waals surface area contributed by atoms with E-state index in [1.807, 2.05) is 30.5 Å². The van der Waals surface area contributed by atoms with Crippen molar-refractivity contribution in [3.63, 3.8) is 0 Å². The second-order valence-electron chi connectivity index (χ2n) is 4.18. The zero-order valence-corrected chi connectivity index (χ0v) is 11.3. The number of anilines is 1. The molecule has 0 spiro atoms. The third-order valence-corrected chi connectivity index (χ3v) is 3.11. The third kappa shape index (κ3) is 2.78. The van der Waals surface area contributed by atoms with Crippen molar-refractivity contribution in [2.75, 3.05) is 5.32 Å². The Hall–Kier alpha value is -2.40. The molecule has 0 bridgehead atoms. The van der Waals surface area contributed by atoms with Gasteiger partial charge in [-0.15, -0.1) is 0 Å². The summed E-state index contributed by atoms with van der Waals surface area (Å²) in [6, 6.07) is 7.64. The topological polar surface area (TPSA) is 55.6 Å². The highest BCUT2D eigenvalue weighted by Crippen LogP contribution is 2.20. The van der Waals surface area contributed by atoms with Crippen LogP contribution in [-0.2, 0) is 6.54 Å². The molecule has 0 fully saturated rings. The molecule has 0 atom stereocenters. The lowest BCUT2D eigenvalue weighted by molar-refractivity contribution is 0.843. The van der Waals surface area contributed by atoms with E-state index in [4.69, 9.17) is 11.6 Å². The monoisotopic (exact) mass is 285 g/mol. The van der Waals surface area contributed by atoms with Crippen LogP contribution in [0.25, 0.3) is 5.82 Å². The highest BCUT2D eigenvalue weighted by atomic mass is 35.5. The molecule has 3 rings (SSSR count). The summed E-state index contributed by atoms with van der Waals surface area (Å²) in [5.74, 6) is 0.787. The molecular weight excluding hydrogens is 274 g/mol. The highest BCUT2D eigenvalue weighted by molar-refractivity contribution is 6.33. The van der Waals surface area contributed by atoms with Gasteiger partial charge in [-0.1, -0.05) is 11.6 Å². The Morgan fingerprint density at radius 1 is 1.20 bits per heavy atom. The summed E-state index contributed by atoms with van der Waals surface area (Å²) in [5, 5.41) is 8.04. The minimum atomic E-state index is 0.605. The molecule has 0 radical (unpaired) electrons. The van der Waals surface area contributed by atoms with Gasteiger partial charge in [0.25, 0.3) is 0 Å². The maximum atomic E-state index is 6.05. The van der Waals surface area contributed by atoms with E-state index in [-0.39, 0.29) is 0 Å². The van der Waals surface area contributed by atoms with Crippen molar-refractivity contribution in [3.05, 3.63) is 65.8 Å². The number of rotatable bonds is 4. The van der Waals surface area contributed by atoms with Crippen molar-refractivity contribution in [2.45, 2.75) is 6.54 Å². The summed E-state index contributed by atoms with van der Waals surface area (Å²) in [5.41, 5.74) is 1.96. The van der Waals surface area contributed by atoms with Crippen LogP contribution in [0.2, 0.25) is 5.02 Å². The lowest BCUT2D eigenvalue weighted by Gasteiger charge is -2.08. The molecule has 6 heteroatoms. The smallest absolute Gasteiger partial charge is 0.153 e. The lowest BCUT2D eigenvalue weighted by Crippen LogP contribution is -2.03. The first kappa shape index (κ1) is 12.6. The molecule has 5 nitrogen and oxygen atoms in total. The predicted octanol–water partition coefficient (Wildman–Crippen LogP) is 2.93. The number of nitrogens with zero attached hydrogens (tertiary/aromatic N) is 4. The van der Waals surface area contributed by atoms with Crippen LogP contribution in [0.1, 0.15) is 5.56 Å². The zero-order valence-electron chi connectivity index (χ0n) is 10.6. The summed E-state index contributed by atoms with van der Waals surface area (Å²) in [6.45, 7) is 0.653. The van der Waals surface area contributed by atoms with Gasteiger partial charge in [-0.25, -0.2) is 9.67 Å². The Balaban J connectivity index is 1.75. The third-order valence-electron chi connectivity index (χ3n) is 2.80. The number of halogens is 1. The van der Waals surface area contributed by atoms with Crippen molar-refractivity contribution in [2.24, 2.45) is 0 Å². The summed E-state index contributed by atoms with van der Waals surface area (Å²) >= 11 is 6.05. The number of nitrogens with one attached hydrogen (secondary N) is 1. The first-order chi connectivity index (χ1) is 9.83. The molecule has 20 heavy (non-hydrogen) atoms. The average Bonchev–Trinajstić information content (AvgIpc) is 3.01. The molecule has 0 saturated heterocycles. The van der Waals surface area contributed by atoms with E-state index in [1.54, 1.807) is 29.5 Å². The van der Waals surface area contributed by atoms with Crippen LogP contribution in [0.4, 0.5) is 5.69 Å². The molecule has 0 aliphatic rings. The van der Waals surface area contributed by atoms with E-state index in [2.05, 4.69) is 20.4 Å². The van der Waals surface area contributed by atoms with Crippen molar-refractivity contribution in [1.29, 1.82) is 0 Å². The number of hydrogen-bond donors (Lipinski definition) is 1. The Bertz CT molecular complexity index is 696. The number of pyridine rings is 2. The van der Waals surface area contributed by atoms with Gasteiger partial charge in [0, 0.05) is 37.5 Å². The van der Waals surface area contributed by atoms with Gasteiger partial charge >= 0.3 is 0 Å². The minimum absolute atomic E-state index is 0.605. The molecule has 1 N–H and O–H groups in total. The summed E-state index contributed by atoms with van der Waals surface area (Å²) in [7, 11) is 0. The molecular formula is C14H12ClN5.